The van der Waals surface area contributed by atoms with E-state index < -0.39 is 38.9 Å². The Morgan fingerprint density at radius 3 is 2.39 bits per heavy atom. The summed E-state index contributed by atoms with van der Waals surface area (Å²) in [5.41, 5.74) is 1.65. The standard InChI is InChI=1S/C21H26FN3O5S/c1-12(2)31(29,30)24-7-5-13(6-8-24)15-9-14(22)10-16-17(15)11-25(21(16)28)18-3-4-19(26)23-20(18)27/h9-10,12-13,18H,3-8,11H2,1-2H3,(H,23,26,27). The number of hydrogen-bond acceptors (Lipinski definition) is 5. The second-order valence-electron chi connectivity index (χ2n) is 8.69. The molecule has 10 heteroatoms. The van der Waals surface area contributed by atoms with Crippen molar-refractivity contribution in [2.24, 2.45) is 0 Å². The molecule has 0 bridgehead atoms. The quantitative estimate of drug-likeness (QED) is 0.699. The Kier molecular flexibility index (Phi) is 5.63. The van der Waals surface area contributed by atoms with Gasteiger partial charge >= 0.3 is 0 Å². The molecule has 0 saturated carbocycles. The summed E-state index contributed by atoms with van der Waals surface area (Å²) < 4.78 is 40.8. The normalized spacial score (nSPS) is 23.4. The fourth-order valence-electron chi connectivity index (χ4n) is 4.74. The van der Waals surface area contributed by atoms with Crippen molar-refractivity contribution >= 4 is 27.7 Å². The van der Waals surface area contributed by atoms with E-state index in [0.29, 0.717) is 37.1 Å². The molecule has 0 aliphatic carbocycles. The molecule has 1 unspecified atom stereocenters. The van der Waals surface area contributed by atoms with Gasteiger partial charge in [-0.25, -0.2) is 17.1 Å². The predicted octanol–water partition coefficient (Wildman–Crippen LogP) is 1.50. The topological polar surface area (TPSA) is 104 Å². The van der Waals surface area contributed by atoms with Crippen molar-refractivity contribution in [3.63, 3.8) is 0 Å². The molecule has 168 valence electrons. The molecule has 1 N–H and O–H groups in total. The average Bonchev–Trinajstić information content (AvgIpc) is 3.04. The van der Waals surface area contributed by atoms with Crippen LogP contribution in [-0.4, -0.2) is 59.7 Å². The minimum Gasteiger partial charge on any atom is -0.322 e. The van der Waals surface area contributed by atoms with Gasteiger partial charge in [0.15, 0.2) is 0 Å². The number of benzene rings is 1. The number of carbonyl (C=O) groups excluding carboxylic acids is 3. The first-order chi connectivity index (χ1) is 14.6. The smallest absolute Gasteiger partial charge is 0.255 e. The number of piperidine rings is 2. The molecule has 3 amide bonds. The Hall–Kier alpha value is -2.33. The van der Waals surface area contributed by atoms with Crippen LogP contribution >= 0.6 is 0 Å². The van der Waals surface area contributed by atoms with Gasteiger partial charge in [0.25, 0.3) is 5.91 Å². The van der Waals surface area contributed by atoms with Crippen LogP contribution < -0.4 is 5.32 Å². The predicted molar refractivity (Wildman–Crippen MR) is 110 cm³/mol. The number of nitrogens with one attached hydrogen (secondary N) is 1. The van der Waals surface area contributed by atoms with Gasteiger partial charge in [-0.1, -0.05) is 0 Å². The maximum Gasteiger partial charge on any atom is 0.255 e. The number of halogens is 1. The molecule has 0 spiro atoms. The molecule has 3 aliphatic rings. The van der Waals surface area contributed by atoms with Gasteiger partial charge in [0.2, 0.25) is 21.8 Å². The number of hydrogen-bond donors (Lipinski definition) is 1. The molecule has 0 radical (unpaired) electrons. The van der Waals surface area contributed by atoms with E-state index in [0.717, 1.165) is 0 Å². The minimum atomic E-state index is -3.34. The largest absolute Gasteiger partial charge is 0.322 e. The van der Waals surface area contributed by atoms with Gasteiger partial charge in [-0.15, -0.1) is 0 Å². The molecule has 1 aromatic rings. The third-order valence-corrected chi connectivity index (χ3v) is 8.78. The second-order valence-corrected chi connectivity index (χ2v) is 11.2. The van der Waals surface area contributed by atoms with Gasteiger partial charge in [-0.3, -0.25) is 19.7 Å². The van der Waals surface area contributed by atoms with Gasteiger partial charge in [0.05, 0.1) is 5.25 Å². The molecule has 4 rings (SSSR count). The van der Waals surface area contributed by atoms with Crippen molar-refractivity contribution < 1.29 is 27.2 Å². The van der Waals surface area contributed by atoms with Crippen molar-refractivity contribution in [2.45, 2.75) is 63.3 Å². The first kappa shape index (κ1) is 21.9. The summed E-state index contributed by atoms with van der Waals surface area (Å²) in [7, 11) is -3.34. The van der Waals surface area contributed by atoms with E-state index in [1.807, 2.05) is 0 Å². The van der Waals surface area contributed by atoms with Crippen LogP contribution in [0.2, 0.25) is 0 Å². The number of sulfonamides is 1. The fourth-order valence-corrected chi connectivity index (χ4v) is 6.05. The number of amides is 3. The summed E-state index contributed by atoms with van der Waals surface area (Å²) >= 11 is 0. The van der Waals surface area contributed by atoms with E-state index in [-0.39, 0.29) is 36.8 Å². The van der Waals surface area contributed by atoms with Gasteiger partial charge in [-0.05, 0) is 62.3 Å². The third-order valence-electron chi connectivity index (χ3n) is 6.50. The molecule has 3 heterocycles. The summed E-state index contributed by atoms with van der Waals surface area (Å²) in [6, 6.07) is 1.87. The Morgan fingerprint density at radius 2 is 1.77 bits per heavy atom. The minimum absolute atomic E-state index is 0.0717. The van der Waals surface area contributed by atoms with Gasteiger partial charge in [-0.2, -0.15) is 0 Å². The molecular formula is C21H26FN3O5S. The lowest BCUT2D eigenvalue weighted by Gasteiger charge is -2.33. The van der Waals surface area contributed by atoms with E-state index in [2.05, 4.69) is 5.32 Å². The Balaban J connectivity index is 1.57. The molecule has 8 nitrogen and oxygen atoms in total. The first-order valence-corrected chi connectivity index (χ1v) is 12.1. The van der Waals surface area contributed by atoms with Crippen LogP contribution in [-0.2, 0) is 26.2 Å². The lowest BCUT2D eigenvalue weighted by atomic mass is 9.86. The Morgan fingerprint density at radius 1 is 1.10 bits per heavy atom. The lowest BCUT2D eigenvalue weighted by Crippen LogP contribution is -2.52. The number of carbonyl (C=O) groups is 3. The maximum atomic E-state index is 14.4. The molecule has 1 atom stereocenters. The van der Waals surface area contributed by atoms with Crippen LogP contribution in [0.15, 0.2) is 12.1 Å². The maximum absolute atomic E-state index is 14.4. The van der Waals surface area contributed by atoms with E-state index in [4.69, 9.17) is 0 Å². The van der Waals surface area contributed by atoms with Gasteiger partial charge < -0.3 is 4.90 Å². The van der Waals surface area contributed by atoms with Crippen LogP contribution in [0.1, 0.15) is 66.9 Å². The average molecular weight is 452 g/mol. The van der Waals surface area contributed by atoms with Crippen molar-refractivity contribution in [3.05, 3.63) is 34.6 Å². The molecule has 3 aliphatic heterocycles. The zero-order valence-electron chi connectivity index (χ0n) is 17.6. The highest BCUT2D eigenvalue weighted by Crippen LogP contribution is 2.38. The van der Waals surface area contributed by atoms with Crippen LogP contribution in [0.25, 0.3) is 0 Å². The van der Waals surface area contributed by atoms with Gasteiger partial charge in [0.1, 0.15) is 11.9 Å². The van der Waals surface area contributed by atoms with E-state index in [1.54, 1.807) is 13.8 Å². The zero-order valence-corrected chi connectivity index (χ0v) is 18.4. The monoisotopic (exact) mass is 451 g/mol. The molecule has 1 aromatic carbocycles. The highest BCUT2D eigenvalue weighted by atomic mass is 32.2. The van der Waals surface area contributed by atoms with Crippen LogP contribution in [0.3, 0.4) is 0 Å². The molecule has 31 heavy (non-hydrogen) atoms. The number of nitrogens with zero attached hydrogens (tertiary/aromatic N) is 2. The molecule has 2 fully saturated rings. The fraction of sp³-hybridized carbons (Fsp3) is 0.571. The second kappa shape index (κ2) is 7.98. The van der Waals surface area contributed by atoms with Crippen molar-refractivity contribution in [1.29, 1.82) is 0 Å². The van der Waals surface area contributed by atoms with Crippen molar-refractivity contribution in [3.8, 4) is 0 Å². The highest BCUT2D eigenvalue weighted by molar-refractivity contribution is 7.89. The van der Waals surface area contributed by atoms with Crippen LogP contribution in [0, 0.1) is 5.82 Å². The molecule has 2 saturated heterocycles. The van der Waals surface area contributed by atoms with Gasteiger partial charge in [0, 0.05) is 31.6 Å². The summed E-state index contributed by atoms with van der Waals surface area (Å²) in [6.45, 7) is 4.18. The summed E-state index contributed by atoms with van der Waals surface area (Å²) in [6.07, 6.45) is 1.47. The van der Waals surface area contributed by atoms with E-state index in [9.17, 15) is 27.2 Å². The number of rotatable bonds is 4. The van der Waals surface area contributed by atoms with Crippen LogP contribution in [0.5, 0.6) is 0 Å². The SMILES string of the molecule is CC(C)S(=O)(=O)N1CCC(c2cc(F)cc3c2CN(C2CCC(=O)NC2=O)C3=O)CC1. The molecule has 0 aromatic heterocycles. The third kappa shape index (κ3) is 3.87. The zero-order chi connectivity index (χ0) is 22.5. The first-order valence-electron chi connectivity index (χ1n) is 10.6. The molecular weight excluding hydrogens is 425 g/mol. The summed E-state index contributed by atoms with van der Waals surface area (Å²) in [4.78, 5) is 38.1. The summed E-state index contributed by atoms with van der Waals surface area (Å²) in [5.74, 6) is -1.88. The van der Waals surface area contributed by atoms with E-state index in [1.165, 1.54) is 21.3 Å². The summed E-state index contributed by atoms with van der Waals surface area (Å²) in [5, 5.41) is 1.76. The Bertz CT molecular complexity index is 1050. The number of imide groups is 1. The van der Waals surface area contributed by atoms with E-state index >= 15 is 0 Å². The Labute approximate surface area is 180 Å². The number of fused-ring (bicyclic) bond motifs is 1. The van der Waals surface area contributed by atoms with Crippen LogP contribution in [0.4, 0.5) is 4.39 Å². The van der Waals surface area contributed by atoms with Crippen molar-refractivity contribution in [1.82, 2.24) is 14.5 Å². The highest BCUT2D eigenvalue weighted by Gasteiger charge is 2.41. The lowest BCUT2D eigenvalue weighted by molar-refractivity contribution is -0.136. The van der Waals surface area contributed by atoms with Crippen molar-refractivity contribution in [2.75, 3.05) is 13.1 Å².